The molecule has 3 aromatic carbocycles. The summed E-state index contributed by atoms with van der Waals surface area (Å²) in [6.07, 6.45) is -1.03. The number of nitrogens with zero attached hydrogens (tertiary/aromatic N) is 2. The molecule has 1 unspecified atom stereocenters. The maximum absolute atomic E-state index is 13.5. The van der Waals surface area contributed by atoms with E-state index < -0.39 is 21.0 Å². The van der Waals surface area contributed by atoms with Gasteiger partial charge in [-0.1, -0.05) is 34.7 Å². The molecule has 0 aliphatic carbocycles. The van der Waals surface area contributed by atoms with Crippen molar-refractivity contribution in [3.05, 3.63) is 76.8 Å². The summed E-state index contributed by atoms with van der Waals surface area (Å²) < 4.78 is 27.4. The summed E-state index contributed by atoms with van der Waals surface area (Å²) >= 11 is 0. The first-order chi connectivity index (χ1) is 13.4. The molecule has 0 saturated carbocycles. The fraction of sp³-hybridized carbons (Fsp3) is 0.105. The zero-order valence-corrected chi connectivity index (χ0v) is 15.6. The summed E-state index contributed by atoms with van der Waals surface area (Å²) in [6, 6.07) is 17.3. The molecule has 1 atom stereocenters. The predicted molar refractivity (Wildman–Crippen MR) is 104 cm³/mol. The molecule has 0 N–H and O–H groups in total. The van der Waals surface area contributed by atoms with E-state index >= 15 is 0 Å². The van der Waals surface area contributed by atoms with Crippen molar-refractivity contribution >= 4 is 32.6 Å². The predicted octanol–water partition coefficient (Wildman–Crippen LogP) is 4.73. The van der Waals surface area contributed by atoms with E-state index in [4.69, 9.17) is 8.92 Å². The van der Waals surface area contributed by atoms with Crippen LogP contribution in [0.25, 0.3) is 10.8 Å². The minimum Gasteiger partial charge on any atom is -0.448 e. The Labute approximate surface area is 161 Å². The maximum Gasteiger partial charge on any atom is 0.444 e. The number of fused-ring (bicyclic) bond motifs is 1. The third-order valence-electron chi connectivity index (χ3n) is 3.74. The van der Waals surface area contributed by atoms with E-state index in [0.717, 1.165) is 10.8 Å². The molecule has 0 radical (unpaired) electrons. The van der Waals surface area contributed by atoms with Crippen LogP contribution in [0.1, 0.15) is 6.92 Å². The second-order valence-corrected chi connectivity index (χ2v) is 7.38. The number of hydrogen-bond donors (Lipinski definition) is 0. The molecule has 0 fully saturated rings. The van der Waals surface area contributed by atoms with Crippen LogP contribution in [0, 0.1) is 10.1 Å². The molecule has 0 aromatic heterocycles. The van der Waals surface area contributed by atoms with Crippen molar-refractivity contribution < 1.29 is 22.8 Å². The first kappa shape index (κ1) is 19.3. The Morgan fingerprint density at radius 2 is 1.75 bits per heavy atom. The van der Waals surface area contributed by atoms with Crippen molar-refractivity contribution in [2.75, 3.05) is 6.61 Å². The number of nitro groups is 1. The highest BCUT2D eigenvalue weighted by Crippen LogP contribution is 2.26. The number of amides is 1. The largest absolute Gasteiger partial charge is 0.448 e. The van der Waals surface area contributed by atoms with E-state index in [2.05, 4.69) is 4.36 Å². The fourth-order valence-electron chi connectivity index (χ4n) is 2.45. The van der Waals surface area contributed by atoms with Crippen LogP contribution in [0.15, 0.2) is 76.0 Å². The third-order valence-corrected chi connectivity index (χ3v) is 5.40. The second kappa shape index (κ2) is 8.05. The Bertz CT molecular complexity index is 1150. The summed E-state index contributed by atoms with van der Waals surface area (Å²) in [7, 11) is -3.69. The Kier molecular flexibility index (Phi) is 5.55. The smallest absolute Gasteiger partial charge is 0.444 e. The molecule has 0 spiro atoms. The molecule has 1 amide bonds. The van der Waals surface area contributed by atoms with E-state index in [1.54, 1.807) is 25.1 Å². The molecule has 0 heterocycles. The molecule has 28 heavy (non-hydrogen) atoms. The van der Waals surface area contributed by atoms with E-state index in [9.17, 15) is 19.1 Å². The van der Waals surface area contributed by atoms with Crippen molar-refractivity contribution in [1.82, 2.24) is 0 Å². The lowest BCUT2D eigenvalue weighted by molar-refractivity contribution is -0.384. The van der Waals surface area contributed by atoms with Crippen molar-refractivity contribution in [3.8, 4) is 5.75 Å². The van der Waals surface area contributed by atoms with Crippen LogP contribution in [0.2, 0.25) is 0 Å². The molecule has 0 saturated heterocycles. The van der Waals surface area contributed by atoms with Gasteiger partial charge in [-0.15, -0.1) is 0 Å². The number of carbonyl (C=O) groups is 1. The summed E-state index contributed by atoms with van der Waals surface area (Å²) in [6.45, 7) is 1.66. The second-order valence-electron chi connectivity index (χ2n) is 5.61. The van der Waals surface area contributed by atoms with Gasteiger partial charge in [0.25, 0.3) is 5.69 Å². The lowest BCUT2D eigenvalue weighted by atomic mass is 10.1. The molecule has 8 nitrogen and oxygen atoms in total. The number of nitro benzene ring substituents is 1. The Hall–Kier alpha value is -3.46. The molecule has 0 aliphatic heterocycles. The summed E-state index contributed by atoms with van der Waals surface area (Å²) in [5.41, 5.74) is -0.146. The van der Waals surface area contributed by atoms with Gasteiger partial charge in [0.15, 0.2) is 0 Å². The van der Waals surface area contributed by atoms with Crippen molar-refractivity contribution in [1.29, 1.82) is 0 Å². The van der Waals surface area contributed by atoms with Crippen molar-refractivity contribution in [3.63, 3.8) is 0 Å². The van der Waals surface area contributed by atoms with Gasteiger partial charge in [-0.05, 0) is 42.0 Å². The van der Waals surface area contributed by atoms with Crippen LogP contribution in [-0.4, -0.2) is 21.8 Å². The topological polar surface area (TPSA) is 108 Å². The first-order valence-electron chi connectivity index (χ1n) is 8.28. The van der Waals surface area contributed by atoms with Crippen LogP contribution in [0.5, 0.6) is 5.75 Å². The number of hydrogen-bond acceptors (Lipinski definition) is 6. The van der Waals surface area contributed by atoms with Gasteiger partial charge in [0.2, 0.25) is 10.0 Å². The number of rotatable bonds is 5. The van der Waals surface area contributed by atoms with E-state index in [1.165, 1.54) is 24.3 Å². The fourth-order valence-corrected chi connectivity index (χ4v) is 3.82. The number of ether oxygens (including phenoxy) is 1. The Balaban J connectivity index is 2.07. The standard InChI is InChI=1S/C19H16N2O6S/c1-2-26-19(22)20-28(25,27-17-10-8-16(9-11-17)21(23)24)18-12-7-14-5-3-4-6-15(14)13-18/h3-13H,2H2,1H3. The molecular formula is C19H16N2O6S. The Morgan fingerprint density at radius 1 is 1.07 bits per heavy atom. The minimum absolute atomic E-state index is 0.0626. The first-order valence-corrected chi connectivity index (χ1v) is 9.72. The molecule has 0 aliphatic rings. The van der Waals surface area contributed by atoms with Crippen LogP contribution in [-0.2, 0) is 14.7 Å². The molecule has 144 valence electrons. The summed E-state index contributed by atoms with van der Waals surface area (Å²) in [5.74, 6) is 0.0665. The minimum atomic E-state index is -3.69. The molecule has 3 aromatic rings. The quantitative estimate of drug-likeness (QED) is 0.453. The van der Waals surface area contributed by atoms with Gasteiger partial charge in [-0.3, -0.25) is 10.1 Å². The van der Waals surface area contributed by atoms with Gasteiger partial charge >= 0.3 is 6.09 Å². The zero-order valence-electron chi connectivity index (χ0n) is 14.8. The zero-order chi connectivity index (χ0) is 20.1. The third kappa shape index (κ3) is 4.26. The normalized spacial score (nSPS) is 12.8. The number of non-ortho nitro benzene ring substituents is 1. The SMILES string of the molecule is CCOC(=O)N=S(=O)(Oc1ccc([N+](=O)[O-])cc1)c1ccc2ccccc2c1. The van der Waals surface area contributed by atoms with Crippen LogP contribution < -0.4 is 4.18 Å². The number of carbonyl (C=O) groups excluding carboxylic acids is 1. The van der Waals surface area contributed by atoms with E-state index in [0.29, 0.717) is 0 Å². The highest BCUT2D eigenvalue weighted by atomic mass is 32.2. The summed E-state index contributed by atoms with van der Waals surface area (Å²) in [5, 5.41) is 12.5. The lowest BCUT2D eigenvalue weighted by Gasteiger charge is -2.12. The Morgan fingerprint density at radius 3 is 2.39 bits per heavy atom. The maximum atomic E-state index is 13.5. The molecule has 9 heteroatoms. The van der Waals surface area contributed by atoms with E-state index in [-0.39, 0.29) is 22.9 Å². The molecule has 0 bridgehead atoms. The van der Waals surface area contributed by atoms with Crippen molar-refractivity contribution in [2.24, 2.45) is 4.36 Å². The highest BCUT2D eigenvalue weighted by Gasteiger charge is 2.20. The van der Waals surface area contributed by atoms with Crippen LogP contribution >= 0.6 is 0 Å². The van der Waals surface area contributed by atoms with E-state index in [1.807, 2.05) is 24.3 Å². The van der Waals surface area contributed by atoms with Gasteiger partial charge in [0.1, 0.15) is 5.75 Å². The molecular weight excluding hydrogens is 384 g/mol. The average Bonchev–Trinajstić information content (AvgIpc) is 2.68. The van der Waals surface area contributed by atoms with Gasteiger partial charge < -0.3 is 8.92 Å². The van der Waals surface area contributed by atoms with Gasteiger partial charge in [-0.2, -0.15) is 0 Å². The van der Waals surface area contributed by atoms with Crippen LogP contribution in [0.4, 0.5) is 10.5 Å². The van der Waals surface area contributed by atoms with Gasteiger partial charge in [0, 0.05) is 12.1 Å². The average molecular weight is 400 g/mol. The molecule has 3 rings (SSSR count). The van der Waals surface area contributed by atoms with Crippen LogP contribution in [0.3, 0.4) is 0 Å². The highest BCUT2D eigenvalue weighted by molar-refractivity contribution is 7.89. The van der Waals surface area contributed by atoms with Gasteiger partial charge in [-0.25, -0.2) is 9.00 Å². The summed E-state index contributed by atoms with van der Waals surface area (Å²) in [4.78, 5) is 22.3. The van der Waals surface area contributed by atoms with Crippen molar-refractivity contribution in [2.45, 2.75) is 11.8 Å². The monoisotopic (exact) mass is 400 g/mol. The number of benzene rings is 3. The lowest BCUT2D eigenvalue weighted by Crippen LogP contribution is -2.13. The van der Waals surface area contributed by atoms with Gasteiger partial charge in [0.05, 0.1) is 16.4 Å².